The van der Waals surface area contributed by atoms with Crippen molar-refractivity contribution in [1.82, 2.24) is 4.90 Å². The van der Waals surface area contributed by atoms with Crippen molar-refractivity contribution in [2.75, 3.05) is 19.6 Å². The van der Waals surface area contributed by atoms with E-state index in [1.54, 1.807) is 0 Å². The first-order valence-electron chi connectivity index (χ1n) is 6.70. The number of carbonyl (C=O) groups excluding carboxylic acids is 1. The summed E-state index contributed by atoms with van der Waals surface area (Å²) in [5.74, 6) is 0.165. The smallest absolute Gasteiger partial charge is 0.176 e. The van der Waals surface area contributed by atoms with Crippen LogP contribution in [0.25, 0.3) is 0 Å². The number of ketones is 1. The van der Waals surface area contributed by atoms with Crippen molar-refractivity contribution >= 4 is 28.4 Å². The first-order valence-corrected chi connectivity index (χ1v) is 7.78. The molecule has 2 rings (SSSR count). The highest BCUT2D eigenvalue weighted by atomic mass is 127. The van der Waals surface area contributed by atoms with Gasteiger partial charge in [0.15, 0.2) is 5.78 Å². The van der Waals surface area contributed by atoms with Crippen molar-refractivity contribution in [2.24, 2.45) is 0 Å². The van der Waals surface area contributed by atoms with E-state index in [4.69, 9.17) is 0 Å². The van der Waals surface area contributed by atoms with Gasteiger partial charge in [-0.3, -0.25) is 9.69 Å². The van der Waals surface area contributed by atoms with Crippen LogP contribution in [0, 0.1) is 3.57 Å². The Balaban J connectivity index is 1.93. The molecule has 1 aromatic carbocycles. The van der Waals surface area contributed by atoms with Crippen LogP contribution in [0.2, 0.25) is 0 Å². The Bertz CT molecular complexity index is 442. The van der Waals surface area contributed by atoms with Gasteiger partial charge >= 0.3 is 0 Å². The third-order valence-electron chi connectivity index (χ3n) is 3.69. The molecule has 1 saturated heterocycles. The van der Waals surface area contributed by atoms with Crippen LogP contribution in [0.4, 0.5) is 0 Å². The molecule has 0 amide bonds. The summed E-state index contributed by atoms with van der Waals surface area (Å²) >= 11 is 2.23. The van der Waals surface area contributed by atoms with Gasteiger partial charge in [-0.25, -0.2) is 0 Å². The van der Waals surface area contributed by atoms with Crippen LogP contribution in [0.5, 0.6) is 0 Å². The summed E-state index contributed by atoms with van der Waals surface area (Å²) in [5, 5.41) is 10.0. The third-order valence-corrected chi connectivity index (χ3v) is 4.41. The molecule has 0 spiro atoms. The van der Waals surface area contributed by atoms with Gasteiger partial charge in [0.05, 0.1) is 12.1 Å². The molecule has 1 aromatic rings. The minimum absolute atomic E-state index is 0.165. The number of rotatable bonds is 3. The molecule has 0 saturated carbocycles. The Hall–Kier alpha value is -0.460. The molecular formula is C15H20INO2. The van der Waals surface area contributed by atoms with Gasteiger partial charge in [0.2, 0.25) is 0 Å². The predicted octanol–water partition coefficient (Wildman–Crippen LogP) is 2.71. The van der Waals surface area contributed by atoms with Gasteiger partial charge in [-0.15, -0.1) is 0 Å². The van der Waals surface area contributed by atoms with Gasteiger partial charge in [-0.1, -0.05) is 12.1 Å². The van der Waals surface area contributed by atoms with E-state index >= 15 is 0 Å². The number of Topliss-reactive ketones (excluding diaryl/α,β-unsaturated/α-hetero) is 1. The highest BCUT2D eigenvalue weighted by Gasteiger charge is 2.25. The van der Waals surface area contributed by atoms with Crippen molar-refractivity contribution < 1.29 is 9.90 Å². The largest absolute Gasteiger partial charge is 0.390 e. The van der Waals surface area contributed by atoms with Gasteiger partial charge < -0.3 is 5.11 Å². The van der Waals surface area contributed by atoms with Crippen molar-refractivity contribution in [3.8, 4) is 0 Å². The molecule has 0 radical (unpaired) electrons. The number of nitrogens with zero attached hydrogens (tertiary/aromatic N) is 1. The molecule has 3 nitrogen and oxygen atoms in total. The van der Waals surface area contributed by atoms with Gasteiger partial charge in [-0.2, -0.15) is 0 Å². The van der Waals surface area contributed by atoms with Gasteiger partial charge in [0.1, 0.15) is 0 Å². The van der Waals surface area contributed by atoms with Crippen LogP contribution in [-0.2, 0) is 0 Å². The molecule has 1 atom stereocenters. The Kier molecular flexibility index (Phi) is 4.97. The number of hydrogen-bond donors (Lipinski definition) is 1. The van der Waals surface area contributed by atoms with Crippen LogP contribution in [0.1, 0.15) is 36.5 Å². The number of halogens is 1. The van der Waals surface area contributed by atoms with Crippen molar-refractivity contribution in [3.05, 3.63) is 33.4 Å². The fourth-order valence-electron chi connectivity index (χ4n) is 2.41. The Morgan fingerprint density at radius 3 is 2.68 bits per heavy atom. The summed E-state index contributed by atoms with van der Waals surface area (Å²) in [6.45, 7) is 4.03. The molecule has 1 aliphatic rings. The maximum absolute atomic E-state index is 12.2. The fraction of sp³-hybridized carbons (Fsp3) is 0.533. The van der Waals surface area contributed by atoms with E-state index < -0.39 is 5.60 Å². The lowest BCUT2D eigenvalue weighted by atomic mass is 9.98. The first kappa shape index (κ1) is 14.9. The Morgan fingerprint density at radius 1 is 1.32 bits per heavy atom. The molecule has 1 heterocycles. The molecule has 1 fully saturated rings. The number of carbonyl (C=O) groups is 1. The standard InChI is InChI=1S/C15H20INO2/c1-15(19)7-2-9-17(10-8-15)11-14(18)12-3-5-13(16)6-4-12/h3-6,19H,2,7-11H2,1H3. The highest BCUT2D eigenvalue weighted by molar-refractivity contribution is 14.1. The van der Waals surface area contributed by atoms with E-state index in [1.165, 1.54) is 0 Å². The monoisotopic (exact) mass is 373 g/mol. The minimum atomic E-state index is -0.569. The molecule has 0 aromatic heterocycles. The molecular weight excluding hydrogens is 353 g/mol. The lowest BCUT2D eigenvalue weighted by Crippen LogP contribution is -2.32. The second kappa shape index (κ2) is 6.33. The third kappa shape index (κ3) is 4.54. The summed E-state index contributed by atoms with van der Waals surface area (Å²) in [7, 11) is 0. The summed E-state index contributed by atoms with van der Waals surface area (Å²) in [6, 6.07) is 7.69. The summed E-state index contributed by atoms with van der Waals surface area (Å²) < 4.78 is 1.14. The lowest BCUT2D eigenvalue weighted by molar-refractivity contribution is 0.0444. The SMILES string of the molecule is CC1(O)CCCN(CC(=O)c2ccc(I)cc2)CC1. The van der Waals surface area contributed by atoms with E-state index in [0.29, 0.717) is 6.54 Å². The maximum atomic E-state index is 12.2. The zero-order valence-electron chi connectivity index (χ0n) is 11.2. The van der Waals surface area contributed by atoms with E-state index in [0.717, 1.165) is 41.5 Å². The average Bonchev–Trinajstić information content (AvgIpc) is 2.52. The van der Waals surface area contributed by atoms with E-state index in [1.807, 2.05) is 31.2 Å². The van der Waals surface area contributed by atoms with E-state index in [2.05, 4.69) is 27.5 Å². The van der Waals surface area contributed by atoms with Crippen LogP contribution >= 0.6 is 22.6 Å². The number of aliphatic hydroxyl groups is 1. The molecule has 4 heteroatoms. The number of hydrogen-bond acceptors (Lipinski definition) is 3. The summed E-state index contributed by atoms with van der Waals surface area (Å²) in [5.41, 5.74) is 0.206. The first-order chi connectivity index (χ1) is 8.96. The van der Waals surface area contributed by atoms with Crippen molar-refractivity contribution in [2.45, 2.75) is 31.8 Å². The normalized spacial score (nSPS) is 25.0. The predicted molar refractivity (Wildman–Crippen MR) is 84.4 cm³/mol. The van der Waals surface area contributed by atoms with Crippen LogP contribution < -0.4 is 0 Å². The second-order valence-electron chi connectivity index (χ2n) is 5.56. The average molecular weight is 373 g/mol. The number of likely N-dealkylation sites (tertiary alicyclic amines) is 1. The topological polar surface area (TPSA) is 40.5 Å². The summed E-state index contributed by atoms with van der Waals surface area (Å²) in [4.78, 5) is 14.3. The van der Waals surface area contributed by atoms with Gasteiger partial charge in [0, 0.05) is 15.7 Å². The molecule has 0 bridgehead atoms. The quantitative estimate of drug-likeness (QED) is 0.654. The summed E-state index contributed by atoms with van der Waals surface area (Å²) in [6.07, 6.45) is 2.52. The molecule has 19 heavy (non-hydrogen) atoms. The van der Waals surface area contributed by atoms with E-state index in [9.17, 15) is 9.90 Å². The van der Waals surface area contributed by atoms with Gasteiger partial charge in [0.25, 0.3) is 0 Å². The molecule has 1 N–H and O–H groups in total. The number of benzene rings is 1. The Labute approximate surface area is 128 Å². The zero-order chi connectivity index (χ0) is 13.9. The second-order valence-corrected chi connectivity index (χ2v) is 6.80. The zero-order valence-corrected chi connectivity index (χ0v) is 13.4. The molecule has 1 unspecified atom stereocenters. The van der Waals surface area contributed by atoms with Crippen LogP contribution in [0.3, 0.4) is 0 Å². The van der Waals surface area contributed by atoms with Crippen molar-refractivity contribution in [3.63, 3.8) is 0 Å². The minimum Gasteiger partial charge on any atom is -0.390 e. The van der Waals surface area contributed by atoms with Crippen LogP contribution in [0.15, 0.2) is 24.3 Å². The van der Waals surface area contributed by atoms with Crippen LogP contribution in [-0.4, -0.2) is 41.0 Å². The fourth-order valence-corrected chi connectivity index (χ4v) is 2.77. The highest BCUT2D eigenvalue weighted by Crippen LogP contribution is 2.21. The lowest BCUT2D eigenvalue weighted by Gasteiger charge is -2.21. The van der Waals surface area contributed by atoms with Crippen molar-refractivity contribution in [1.29, 1.82) is 0 Å². The van der Waals surface area contributed by atoms with E-state index in [-0.39, 0.29) is 5.78 Å². The molecule has 0 aliphatic carbocycles. The Morgan fingerprint density at radius 2 is 2.00 bits per heavy atom. The maximum Gasteiger partial charge on any atom is 0.176 e. The molecule has 104 valence electrons. The van der Waals surface area contributed by atoms with Gasteiger partial charge in [-0.05, 0) is 67.5 Å². The molecule has 1 aliphatic heterocycles.